The molecule has 1 aromatic rings. The van der Waals surface area contributed by atoms with Gasteiger partial charge in [-0.25, -0.2) is 0 Å². The maximum atomic E-state index is 11.9. The molecular weight excluding hydrogens is 184 g/mol. The molecule has 15 heavy (non-hydrogen) atoms. The van der Waals surface area contributed by atoms with E-state index in [1.54, 1.807) is 0 Å². The molecule has 3 rings (SSSR count). The van der Waals surface area contributed by atoms with Crippen LogP contribution >= 0.6 is 0 Å². The van der Waals surface area contributed by atoms with Crippen LogP contribution in [0.5, 0.6) is 0 Å². The normalized spacial score (nSPS) is 29.1. The Bertz CT molecular complexity index is 416. The summed E-state index contributed by atoms with van der Waals surface area (Å²) >= 11 is 0. The van der Waals surface area contributed by atoms with Gasteiger partial charge in [0.1, 0.15) is 0 Å². The van der Waals surface area contributed by atoms with Gasteiger partial charge in [-0.15, -0.1) is 0 Å². The number of benzene rings is 1. The van der Waals surface area contributed by atoms with Crippen LogP contribution in [0.2, 0.25) is 0 Å². The molecule has 0 bridgehead atoms. The third-order valence-corrected chi connectivity index (χ3v) is 3.61. The van der Waals surface area contributed by atoms with E-state index in [1.165, 1.54) is 18.4 Å². The summed E-state index contributed by atoms with van der Waals surface area (Å²) in [6.07, 6.45) is 5.68. The molecule has 1 heteroatoms. The zero-order chi connectivity index (χ0) is 10.3. The third kappa shape index (κ3) is 1.26. The van der Waals surface area contributed by atoms with Crippen LogP contribution in [-0.4, -0.2) is 5.78 Å². The van der Waals surface area contributed by atoms with E-state index in [0.29, 0.717) is 11.7 Å². The Morgan fingerprint density at radius 2 is 1.93 bits per heavy atom. The standard InChI is InChI=1S/C14H14O/c15-14-12-9-5-4-8-11(12)13(14)10-6-2-1-3-7-10/h1-3,6-7,9,11,13H,4-5,8H2. The third-order valence-electron chi connectivity index (χ3n) is 3.61. The van der Waals surface area contributed by atoms with Crippen LogP contribution in [0, 0.1) is 5.92 Å². The van der Waals surface area contributed by atoms with E-state index in [-0.39, 0.29) is 5.92 Å². The highest BCUT2D eigenvalue weighted by molar-refractivity contribution is 6.08. The Hall–Kier alpha value is -1.37. The Labute approximate surface area is 89.8 Å². The van der Waals surface area contributed by atoms with Gasteiger partial charge in [-0.2, -0.15) is 0 Å². The predicted molar refractivity (Wildman–Crippen MR) is 59.6 cm³/mol. The first kappa shape index (κ1) is 8.90. The van der Waals surface area contributed by atoms with Crippen molar-refractivity contribution in [3.63, 3.8) is 0 Å². The molecule has 0 aromatic heterocycles. The lowest BCUT2D eigenvalue weighted by molar-refractivity contribution is -0.123. The van der Waals surface area contributed by atoms with Crippen molar-refractivity contribution in [1.82, 2.24) is 0 Å². The van der Waals surface area contributed by atoms with Crippen molar-refractivity contribution in [2.24, 2.45) is 5.92 Å². The first-order chi connectivity index (χ1) is 7.38. The van der Waals surface area contributed by atoms with E-state index >= 15 is 0 Å². The Kier molecular flexibility index (Phi) is 1.98. The fourth-order valence-electron chi connectivity index (χ4n) is 2.84. The van der Waals surface area contributed by atoms with Gasteiger partial charge in [0.25, 0.3) is 0 Å². The van der Waals surface area contributed by atoms with Crippen molar-refractivity contribution in [3.05, 3.63) is 47.5 Å². The number of fused-ring (bicyclic) bond motifs is 1. The molecule has 1 aromatic carbocycles. The average molecular weight is 198 g/mol. The highest BCUT2D eigenvalue weighted by Crippen LogP contribution is 2.48. The number of carbonyl (C=O) groups excluding carboxylic acids is 1. The van der Waals surface area contributed by atoms with Crippen molar-refractivity contribution in [2.45, 2.75) is 25.2 Å². The smallest absolute Gasteiger partial charge is 0.166 e. The number of Topliss-reactive ketones (excluding diaryl/α,β-unsaturated/α-hetero) is 1. The maximum Gasteiger partial charge on any atom is 0.166 e. The molecule has 76 valence electrons. The Morgan fingerprint density at radius 3 is 2.73 bits per heavy atom. The zero-order valence-corrected chi connectivity index (χ0v) is 8.65. The lowest BCUT2D eigenvalue weighted by Crippen LogP contribution is -2.39. The Morgan fingerprint density at radius 1 is 1.13 bits per heavy atom. The fraction of sp³-hybridized carbons (Fsp3) is 0.357. The van der Waals surface area contributed by atoms with Gasteiger partial charge in [-0.3, -0.25) is 4.79 Å². The molecule has 0 amide bonds. The molecule has 0 N–H and O–H groups in total. The van der Waals surface area contributed by atoms with Crippen LogP contribution in [-0.2, 0) is 4.79 Å². The molecule has 2 aliphatic rings. The van der Waals surface area contributed by atoms with Crippen LogP contribution in [0.4, 0.5) is 0 Å². The largest absolute Gasteiger partial charge is 0.294 e. The second kappa shape index (κ2) is 3.34. The van der Waals surface area contributed by atoms with E-state index in [1.807, 2.05) is 18.2 Å². The minimum atomic E-state index is 0.165. The molecule has 2 unspecified atom stereocenters. The van der Waals surface area contributed by atoms with Crippen molar-refractivity contribution in [2.75, 3.05) is 0 Å². The Balaban J connectivity index is 1.94. The average Bonchev–Trinajstić information content (AvgIpc) is 2.30. The number of allylic oxidation sites excluding steroid dienone is 2. The van der Waals surface area contributed by atoms with Gasteiger partial charge in [-0.05, 0) is 30.4 Å². The summed E-state index contributed by atoms with van der Waals surface area (Å²) in [6.45, 7) is 0. The van der Waals surface area contributed by atoms with Crippen LogP contribution in [0.3, 0.4) is 0 Å². The van der Waals surface area contributed by atoms with Gasteiger partial charge in [0.2, 0.25) is 0 Å². The van der Waals surface area contributed by atoms with Gasteiger partial charge in [0.15, 0.2) is 5.78 Å². The topological polar surface area (TPSA) is 17.1 Å². The van der Waals surface area contributed by atoms with E-state index in [4.69, 9.17) is 0 Å². The number of hydrogen-bond donors (Lipinski definition) is 0. The zero-order valence-electron chi connectivity index (χ0n) is 8.65. The maximum absolute atomic E-state index is 11.9. The van der Waals surface area contributed by atoms with E-state index in [0.717, 1.165) is 12.0 Å². The van der Waals surface area contributed by atoms with Crippen molar-refractivity contribution in [3.8, 4) is 0 Å². The lowest BCUT2D eigenvalue weighted by atomic mass is 9.61. The highest BCUT2D eigenvalue weighted by Gasteiger charge is 2.45. The molecule has 0 radical (unpaired) electrons. The number of ketones is 1. The minimum Gasteiger partial charge on any atom is -0.294 e. The van der Waals surface area contributed by atoms with Gasteiger partial charge >= 0.3 is 0 Å². The minimum absolute atomic E-state index is 0.165. The van der Waals surface area contributed by atoms with Crippen molar-refractivity contribution >= 4 is 5.78 Å². The van der Waals surface area contributed by atoms with Crippen LogP contribution in [0.1, 0.15) is 30.7 Å². The molecule has 2 aliphatic carbocycles. The number of carbonyl (C=O) groups is 1. The molecule has 0 spiro atoms. The monoisotopic (exact) mass is 198 g/mol. The summed E-state index contributed by atoms with van der Waals surface area (Å²) in [5, 5.41) is 0. The first-order valence-corrected chi connectivity index (χ1v) is 5.67. The second-order valence-corrected chi connectivity index (χ2v) is 4.45. The van der Waals surface area contributed by atoms with Crippen molar-refractivity contribution < 1.29 is 4.79 Å². The molecule has 1 saturated carbocycles. The van der Waals surface area contributed by atoms with Crippen molar-refractivity contribution in [1.29, 1.82) is 0 Å². The summed E-state index contributed by atoms with van der Waals surface area (Å²) in [4.78, 5) is 11.9. The van der Waals surface area contributed by atoms with Gasteiger partial charge in [-0.1, -0.05) is 36.4 Å². The summed E-state index contributed by atoms with van der Waals surface area (Å²) in [5.74, 6) is 1.05. The first-order valence-electron chi connectivity index (χ1n) is 5.67. The molecule has 2 atom stereocenters. The van der Waals surface area contributed by atoms with Gasteiger partial charge in [0.05, 0.1) is 5.92 Å². The summed E-state index contributed by atoms with van der Waals surface area (Å²) in [7, 11) is 0. The number of hydrogen-bond acceptors (Lipinski definition) is 1. The van der Waals surface area contributed by atoms with Gasteiger partial charge in [0, 0.05) is 5.92 Å². The molecular formula is C14H14O. The van der Waals surface area contributed by atoms with E-state index in [2.05, 4.69) is 18.2 Å². The van der Waals surface area contributed by atoms with Crippen LogP contribution in [0.25, 0.3) is 0 Å². The number of rotatable bonds is 1. The SMILES string of the molecule is O=C1C2=CCCCC2C1c1ccccc1. The molecule has 1 nitrogen and oxygen atoms in total. The van der Waals surface area contributed by atoms with E-state index < -0.39 is 0 Å². The van der Waals surface area contributed by atoms with Crippen LogP contribution < -0.4 is 0 Å². The predicted octanol–water partition coefficient (Wildman–Crippen LogP) is 3.08. The fourth-order valence-corrected chi connectivity index (χ4v) is 2.84. The molecule has 0 heterocycles. The quantitative estimate of drug-likeness (QED) is 0.677. The molecule has 0 saturated heterocycles. The van der Waals surface area contributed by atoms with E-state index in [9.17, 15) is 4.79 Å². The summed E-state index contributed by atoms with van der Waals surface area (Å²) < 4.78 is 0. The second-order valence-electron chi connectivity index (χ2n) is 4.45. The summed E-state index contributed by atoms with van der Waals surface area (Å²) in [5.41, 5.74) is 2.31. The van der Waals surface area contributed by atoms with Gasteiger partial charge < -0.3 is 0 Å². The highest BCUT2D eigenvalue weighted by atomic mass is 16.1. The van der Waals surface area contributed by atoms with Crippen LogP contribution in [0.15, 0.2) is 42.0 Å². The lowest BCUT2D eigenvalue weighted by Gasteiger charge is -2.40. The summed E-state index contributed by atoms with van der Waals surface area (Å²) in [6, 6.07) is 10.2. The molecule has 0 aliphatic heterocycles. The molecule has 1 fully saturated rings.